The highest BCUT2D eigenvalue weighted by molar-refractivity contribution is 7.16. The zero-order chi connectivity index (χ0) is 16.8. The number of hydrogen-bond donors (Lipinski definition) is 0. The van der Waals surface area contributed by atoms with Gasteiger partial charge in [-0.15, -0.1) is 0 Å². The molecule has 0 aliphatic carbocycles. The van der Waals surface area contributed by atoms with E-state index < -0.39 is 0 Å². The number of hydrogen-bond acceptors (Lipinski definition) is 6. The summed E-state index contributed by atoms with van der Waals surface area (Å²) in [6, 6.07) is 1.39. The van der Waals surface area contributed by atoms with Crippen LogP contribution in [0.5, 0.6) is 0 Å². The molecule has 23 heavy (non-hydrogen) atoms. The first-order chi connectivity index (χ1) is 11.1. The van der Waals surface area contributed by atoms with Crippen LogP contribution in [-0.4, -0.2) is 20.6 Å². The minimum Gasteiger partial charge on any atom is -0.459 e. The lowest BCUT2D eigenvalue weighted by Gasteiger charge is -2.11. The minimum atomic E-state index is -0.234. The summed E-state index contributed by atoms with van der Waals surface area (Å²) in [5.74, 6) is -0.325. The zero-order valence-electron chi connectivity index (χ0n) is 13.9. The Bertz CT molecular complexity index is 719. The van der Waals surface area contributed by atoms with Gasteiger partial charge in [0.1, 0.15) is 11.6 Å². The Morgan fingerprint density at radius 2 is 2.09 bits per heavy atom. The van der Waals surface area contributed by atoms with Gasteiger partial charge in [0.2, 0.25) is 4.96 Å². The van der Waals surface area contributed by atoms with E-state index in [-0.39, 0.29) is 24.1 Å². The topological polar surface area (TPSA) is 73.6 Å². The standard InChI is InChI=1S/C16H23N3O3S/c1-4-7-8-13-18-19-14(20)9-12(17-16(19)23-13)10-22-15(21)11(5-2)6-3/h9,11H,4-8,10H2,1-3H3. The number of carbonyl (C=O) groups excluding carboxylic acids is 1. The maximum atomic E-state index is 12.1. The van der Waals surface area contributed by atoms with Crippen LogP contribution in [0.1, 0.15) is 57.2 Å². The summed E-state index contributed by atoms with van der Waals surface area (Å²) in [5.41, 5.74) is 0.238. The summed E-state index contributed by atoms with van der Waals surface area (Å²) in [7, 11) is 0. The van der Waals surface area contributed by atoms with Gasteiger partial charge in [-0.3, -0.25) is 9.59 Å². The van der Waals surface area contributed by atoms with Crippen molar-refractivity contribution in [2.24, 2.45) is 5.92 Å². The first-order valence-electron chi connectivity index (χ1n) is 8.14. The van der Waals surface area contributed by atoms with Crippen molar-refractivity contribution in [3.63, 3.8) is 0 Å². The Morgan fingerprint density at radius 3 is 2.74 bits per heavy atom. The number of carbonyl (C=O) groups is 1. The van der Waals surface area contributed by atoms with Crippen molar-refractivity contribution in [1.82, 2.24) is 14.6 Å². The third-order valence-corrected chi connectivity index (χ3v) is 4.73. The molecule has 0 amide bonds. The molecule has 0 saturated heterocycles. The van der Waals surface area contributed by atoms with Gasteiger partial charge < -0.3 is 4.74 Å². The quantitative estimate of drug-likeness (QED) is 0.692. The second kappa shape index (κ2) is 8.19. The summed E-state index contributed by atoms with van der Waals surface area (Å²) in [6.45, 7) is 6.07. The molecule has 0 bridgehead atoms. The van der Waals surface area contributed by atoms with Crippen LogP contribution in [0.4, 0.5) is 0 Å². The normalized spacial score (nSPS) is 11.3. The van der Waals surface area contributed by atoms with Gasteiger partial charge >= 0.3 is 5.97 Å². The molecule has 126 valence electrons. The molecule has 0 aromatic carbocycles. The maximum absolute atomic E-state index is 12.1. The Hall–Kier alpha value is -1.76. The number of aryl methyl sites for hydroxylation is 1. The second-order valence-electron chi connectivity index (χ2n) is 5.50. The molecule has 2 rings (SSSR count). The van der Waals surface area contributed by atoms with Crippen molar-refractivity contribution in [3.8, 4) is 0 Å². The van der Waals surface area contributed by atoms with Gasteiger partial charge in [-0.2, -0.15) is 9.61 Å². The van der Waals surface area contributed by atoms with Crippen LogP contribution >= 0.6 is 11.3 Å². The fourth-order valence-electron chi connectivity index (χ4n) is 2.28. The molecule has 6 nitrogen and oxygen atoms in total. The molecule has 0 fully saturated rings. The first kappa shape index (κ1) is 17.6. The van der Waals surface area contributed by atoms with Crippen molar-refractivity contribution >= 4 is 22.3 Å². The summed E-state index contributed by atoms with van der Waals surface area (Å²) >= 11 is 1.42. The van der Waals surface area contributed by atoms with Crippen LogP contribution in [0.2, 0.25) is 0 Å². The van der Waals surface area contributed by atoms with Crippen molar-refractivity contribution in [3.05, 3.63) is 27.1 Å². The smallest absolute Gasteiger partial charge is 0.309 e. The van der Waals surface area contributed by atoms with Gasteiger partial charge in [0, 0.05) is 12.5 Å². The van der Waals surface area contributed by atoms with Crippen LogP contribution in [0.3, 0.4) is 0 Å². The van der Waals surface area contributed by atoms with E-state index in [9.17, 15) is 9.59 Å². The molecule has 2 heterocycles. The SMILES string of the molecule is CCCCc1nn2c(=O)cc(COC(=O)C(CC)CC)nc2s1. The highest BCUT2D eigenvalue weighted by atomic mass is 32.1. The van der Waals surface area contributed by atoms with Crippen LogP contribution in [0.25, 0.3) is 4.96 Å². The summed E-state index contributed by atoms with van der Waals surface area (Å²) in [4.78, 5) is 29.0. The Balaban J connectivity index is 2.13. The van der Waals surface area contributed by atoms with Gasteiger partial charge in [-0.05, 0) is 19.3 Å². The summed E-state index contributed by atoms with van der Waals surface area (Å²) < 4.78 is 6.60. The molecule has 0 saturated carbocycles. The fourth-order valence-corrected chi connectivity index (χ4v) is 3.24. The van der Waals surface area contributed by atoms with Crippen molar-refractivity contribution in [2.45, 2.75) is 59.5 Å². The van der Waals surface area contributed by atoms with Gasteiger partial charge in [0.05, 0.1) is 11.6 Å². The van der Waals surface area contributed by atoms with E-state index in [2.05, 4.69) is 17.0 Å². The predicted octanol–water partition coefficient (Wildman–Crippen LogP) is 2.97. The maximum Gasteiger partial charge on any atom is 0.309 e. The zero-order valence-corrected chi connectivity index (χ0v) is 14.7. The molecular weight excluding hydrogens is 314 g/mol. The molecular formula is C16H23N3O3S. The Morgan fingerprint density at radius 1 is 1.35 bits per heavy atom. The Labute approximate surface area is 139 Å². The lowest BCUT2D eigenvalue weighted by atomic mass is 10.0. The van der Waals surface area contributed by atoms with E-state index in [0.717, 1.165) is 37.1 Å². The summed E-state index contributed by atoms with van der Waals surface area (Å²) in [5, 5.41) is 5.20. The molecule has 0 aliphatic rings. The number of nitrogens with zero attached hydrogens (tertiary/aromatic N) is 3. The molecule has 0 spiro atoms. The average Bonchev–Trinajstić information content (AvgIpc) is 2.95. The molecule has 2 aromatic heterocycles. The first-order valence-corrected chi connectivity index (χ1v) is 8.95. The lowest BCUT2D eigenvalue weighted by molar-refractivity contribution is -0.150. The van der Waals surface area contributed by atoms with Crippen LogP contribution in [-0.2, 0) is 22.6 Å². The van der Waals surface area contributed by atoms with Gasteiger partial charge in [-0.1, -0.05) is 38.5 Å². The van der Waals surface area contributed by atoms with E-state index in [1.54, 1.807) is 0 Å². The third kappa shape index (κ3) is 4.37. The minimum absolute atomic E-state index is 0.0310. The van der Waals surface area contributed by atoms with Gasteiger partial charge in [-0.25, -0.2) is 4.98 Å². The van der Waals surface area contributed by atoms with Gasteiger partial charge in [0.15, 0.2) is 0 Å². The number of fused-ring (bicyclic) bond motifs is 1. The van der Waals surface area contributed by atoms with Gasteiger partial charge in [0.25, 0.3) is 5.56 Å². The largest absolute Gasteiger partial charge is 0.459 e. The number of esters is 1. The molecule has 7 heteroatoms. The number of rotatable bonds is 8. The summed E-state index contributed by atoms with van der Waals surface area (Å²) in [6.07, 6.45) is 4.47. The average molecular weight is 337 g/mol. The van der Waals surface area contributed by atoms with Crippen molar-refractivity contribution < 1.29 is 9.53 Å². The number of unbranched alkanes of at least 4 members (excludes halogenated alkanes) is 1. The van der Waals surface area contributed by atoms with Crippen LogP contribution in [0, 0.1) is 5.92 Å². The lowest BCUT2D eigenvalue weighted by Crippen LogP contribution is -2.19. The number of ether oxygens (including phenoxy) is 1. The monoisotopic (exact) mass is 337 g/mol. The number of aromatic nitrogens is 3. The predicted molar refractivity (Wildman–Crippen MR) is 89.6 cm³/mol. The molecule has 0 radical (unpaired) electrons. The van der Waals surface area contributed by atoms with E-state index in [0.29, 0.717) is 10.7 Å². The fraction of sp³-hybridized carbons (Fsp3) is 0.625. The van der Waals surface area contributed by atoms with E-state index >= 15 is 0 Å². The van der Waals surface area contributed by atoms with Crippen molar-refractivity contribution in [2.75, 3.05) is 0 Å². The molecule has 0 unspecified atom stereocenters. The van der Waals surface area contributed by atoms with Crippen LogP contribution < -0.4 is 5.56 Å². The Kier molecular flexibility index (Phi) is 6.27. The molecule has 0 aliphatic heterocycles. The molecule has 0 atom stereocenters. The third-order valence-electron chi connectivity index (χ3n) is 3.77. The van der Waals surface area contributed by atoms with E-state index in [1.807, 2.05) is 13.8 Å². The second-order valence-corrected chi connectivity index (χ2v) is 6.54. The molecule has 0 N–H and O–H groups in total. The highest BCUT2D eigenvalue weighted by Crippen LogP contribution is 2.15. The van der Waals surface area contributed by atoms with Crippen LogP contribution in [0.15, 0.2) is 10.9 Å². The van der Waals surface area contributed by atoms with E-state index in [1.165, 1.54) is 21.9 Å². The van der Waals surface area contributed by atoms with Crippen molar-refractivity contribution in [1.29, 1.82) is 0 Å². The highest BCUT2D eigenvalue weighted by Gasteiger charge is 2.16. The van der Waals surface area contributed by atoms with E-state index in [4.69, 9.17) is 4.74 Å². The molecule has 2 aromatic rings.